The Balaban J connectivity index is 1.98. The zero-order valence-corrected chi connectivity index (χ0v) is 11.9. The molecule has 2 amide bonds. The molecule has 0 atom stereocenters. The molecule has 1 fully saturated rings. The normalized spacial score (nSPS) is 15.4. The highest BCUT2D eigenvalue weighted by Gasteiger charge is 2.44. The van der Waals surface area contributed by atoms with E-state index in [0.717, 1.165) is 6.42 Å². The van der Waals surface area contributed by atoms with E-state index in [0.29, 0.717) is 23.6 Å². The molecular formula is C14H14ClN3O3. The van der Waals surface area contributed by atoms with E-state index in [-0.39, 0.29) is 12.1 Å². The first-order chi connectivity index (χ1) is 9.97. The van der Waals surface area contributed by atoms with Crippen molar-refractivity contribution >= 4 is 29.3 Å². The lowest BCUT2D eigenvalue weighted by molar-refractivity contribution is -0.153. The molecule has 0 unspecified atom stereocenters. The van der Waals surface area contributed by atoms with Crippen molar-refractivity contribution in [1.82, 2.24) is 5.32 Å². The van der Waals surface area contributed by atoms with E-state index in [2.05, 4.69) is 10.6 Å². The van der Waals surface area contributed by atoms with E-state index in [1.54, 1.807) is 6.07 Å². The molecule has 0 spiro atoms. The Bertz CT molecular complexity index is 620. The van der Waals surface area contributed by atoms with E-state index in [9.17, 15) is 14.7 Å². The summed E-state index contributed by atoms with van der Waals surface area (Å²) in [6.45, 7) is 0.0661. The minimum Gasteiger partial charge on any atom is -0.481 e. The number of hydrogen-bond donors (Lipinski definition) is 3. The van der Waals surface area contributed by atoms with Gasteiger partial charge in [-0.3, -0.25) is 4.79 Å². The quantitative estimate of drug-likeness (QED) is 0.795. The lowest BCUT2D eigenvalue weighted by Crippen LogP contribution is -2.48. The molecule has 0 radical (unpaired) electrons. The van der Waals surface area contributed by atoms with E-state index in [1.807, 2.05) is 6.07 Å². The molecule has 1 aliphatic rings. The number of aliphatic carboxylic acids is 1. The topological polar surface area (TPSA) is 102 Å². The zero-order chi connectivity index (χ0) is 15.5. The molecule has 0 saturated heterocycles. The van der Waals surface area contributed by atoms with Gasteiger partial charge in [-0.25, -0.2) is 4.79 Å². The van der Waals surface area contributed by atoms with Crippen LogP contribution >= 0.6 is 11.6 Å². The molecule has 7 heteroatoms. The average molecular weight is 308 g/mol. The number of carbonyl (C=O) groups is 2. The van der Waals surface area contributed by atoms with Crippen LogP contribution in [-0.4, -0.2) is 23.7 Å². The van der Waals surface area contributed by atoms with Crippen LogP contribution in [0.5, 0.6) is 0 Å². The van der Waals surface area contributed by atoms with Crippen LogP contribution < -0.4 is 10.6 Å². The minimum absolute atomic E-state index is 0.0661. The third-order valence-electron chi connectivity index (χ3n) is 3.70. The minimum atomic E-state index is -0.894. The number of nitriles is 1. The largest absolute Gasteiger partial charge is 0.481 e. The Morgan fingerprint density at radius 2 is 2.14 bits per heavy atom. The van der Waals surface area contributed by atoms with Crippen molar-refractivity contribution in [1.29, 1.82) is 5.26 Å². The smallest absolute Gasteiger partial charge is 0.319 e. The van der Waals surface area contributed by atoms with Gasteiger partial charge in [0.05, 0.1) is 16.7 Å². The zero-order valence-electron chi connectivity index (χ0n) is 11.1. The number of anilines is 1. The van der Waals surface area contributed by atoms with Gasteiger partial charge in [-0.2, -0.15) is 5.26 Å². The van der Waals surface area contributed by atoms with Crippen LogP contribution in [0.2, 0.25) is 5.02 Å². The Morgan fingerprint density at radius 3 is 2.67 bits per heavy atom. The van der Waals surface area contributed by atoms with E-state index >= 15 is 0 Å². The van der Waals surface area contributed by atoms with Gasteiger partial charge in [-0.15, -0.1) is 0 Å². The molecule has 0 bridgehead atoms. The number of carboxylic acid groups (broad SMARTS) is 1. The SMILES string of the molecule is N#Cc1ccc(Cl)cc1NC(=O)NCC1(C(=O)O)CCC1. The summed E-state index contributed by atoms with van der Waals surface area (Å²) in [5.74, 6) is -0.894. The molecule has 1 aromatic carbocycles. The average Bonchev–Trinajstić information content (AvgIpc) is 2.37. The van der Waals surface area contributed by atoms with Crippen molar-refractivity contribution in [3.63, 3.8) is 0 Å². The van der Waals surface area contributed by atoms with Crippen molar-refractivity contribution in [2.75, 3.05) is 11.9 Å². The molecular weight excluding hydrogens is 294 g/mol. The summed E-state index contributed by atoms with van der Waals surface area (Å²) in [6.07, 6.45) is 1.97. The molecule has 1 aliphatic carbocycles. The van der Waals surface area contributed by atoms with Gasteiger partial charge >= 0.3 is 12.0 Å². The monoisotopic (exact) mass is 307 g/mol. The van der Waals surface area contributed by atoms with Gasteiger partial charge in [0.25, 0.3) is 0 Å². The molecule has 0 aromatic heterocycles. The highest BCUT2D eigenvalue weighted by Crippen LogP contribution is 2.40. The number of rotatable bonds is 4. The van der Waals surface area contributed by atoms with Crippen molar-refractivity contribution in [3.8, 4) is 6.07 Å². The Kier molecular flexibility index (Phi) is 4.34. The molecule has 1 saturated carbocycles. The number of hydrogen-bond acceptors (Lipinski definition) is 3. The molecule has 0 aliphatic heterocycles. The number of benzene rings is 1. The van der Waals surface area contributed by atoms with Crippen LogP contribution in [0.15, 0.2) is 18.2 Å². The second kappa shape index (κ2) is 6.02. The van der Waals surface area contributed by atoms with Gasteiger partial charge in [0.2, 0.25) is 0 Å². The molecule has 2 rings (SSSR count). The predicted octanol–water partition coefficient (Wildman–Crippen LogP) is 2.59. The lowest BCUT2D eigenvalue weighted by atomic mass is 9.69. The number of amides is 2. The summed E-state index contributed by atoms with van der Waals surface area (Å²) in [5, 5.41) is 23.6. The number of urea groups is 1. The van der Waals surface area contributed by atoms with Gasteiger partial charge in [0, 0.05) is 11.6 Å². The molecule has 0 heterocycles. The van der Waals surface area contributed by atoms with Crippen molar-refractivity contribution in [3.05, 3.63) is 28.8 Å². The second-order valence-electron chi connectivity index (χ2n) is 5.05. The molecule has 6 nitrogen and oxygen atoms in total. The number of carboxylic acids is 1. The van der Waals surface area contributed by atoms with Gasteiger partial charge in [0.15, 0.2) is 0 Å². The summed E-state index contributed by atoms with van der Waals surface area (Å²) >= 11 is 5.82. The van der Waals surface area contributed by atoms with Crippen LogP contribution in [0.3, 0.4) is 0 Å². The van der Waals surface area contributed by atoms with Crippen LogP contribution in [-0.2, 0) is 4.79 Å². The third-order valence-corrected chi connectivity index (χ3v) is 3.94. The van der Waals surface area contributed by atoms with E-state index in [1.165, 1.54) is 12.1 Å². The standard InChI is InChI=1S/C14H14ClN3O3/c15-10-3-2-9(7-16)11(6-10)18-13(21)17-8-14(12(19)20)4-1-5-14/h2-3,6H,1,4-5,8H2,(H,19,20)(H2,17,18,21). The molecule has 110 valence electrons. The molecule has 21 heavy (non-hydrogen) atoms. The Morgan fingerprint density at radius 1 is 1.43 bits per heavy atom. The fourth-order valence-corrected chi connectivity index (χ4v) is 2.38. The van der Waals surface area contributed by atoms with E-state index in [4.69, 9.17) is 16.9 Å². The van der Waals surface area contributed by atoms with Crippen LogP contribution in [0.1, 0.15) is 24.8 Å². The lowest BCUT2D eigenvalue weighted by Gasteiger charge is -2.37. The third kappa shape index (κ3) is 3.26. The van der Waals surface area contributed by atoms with Crippen molar-refractivity contribution in [2.45, 2.75) is 19.3 Å². The second-order valence-corrected chi connectivity index (χ2v) is 5.48. The van der Waals surface area contributed by atoms with Gasteiger partial charge in [0.1, 0.15) is 6.07 Å². The van der Waals surface area contributed by atoms with Gasteiger partial charge in [-0.05, 0) is 31.0 Å². The summed E-state index contributed by atoms with van der Waals surface area (Å²) in [4.78, 5) is 23.0. The maximum absolute atomic E-state index is 11.8. The highest BCUT2D eigenvalue weighted by molar-refractivity contribution is 6.31. The summed E-state index contributed by atoms with van der Waals surface area (Å²) in [6, 6.07) is 5.91. The first kappa shape index (κ1) is 15.1. The number of carbonyl (C=O) groups excluding carboxylic acids is 1. The Hall–Kier alpha value is -2.26. The van der Waals surface area contributed by atoms with Crippen LogP contribution in [0, 0.1) is 16.7 Å². The summed E-state index contributed by atoms with van der Waals surface area (Å²) < 4.78 is 0. The van der Waals surface area contributed by atoms with Crippen LogP contribution in [0.25, 0.3) is 0 Å². The first-order valence-electron chi connectivity index (χ1n) is 6.45. The van der Waals surface area contributed by atoms with Gasteiger partial charge < -0.3 is 15.7 Å². The Labute approximate surface area is 126 Å². The fraction of sp³-hybridized carbons (Fsp3) is 0.357. The van der Waals surface area contributed by atoms with Crippen LogP contribution in [0.4, 0.5) is 10.5 Å². The fourth-order valence-electron chi connectivity index (χ4n) is 2.20. The molecule has 1 aromatic rings. The number of nitrogens with one attached hydrogen (secondary N) is 2. The maximum atomic E-state index is 11.8. The number of nitrogens with zero attached hydrogens (tertiary/aromatic N) is 1. The summed E-state index contributed by atoms with van der Waals surface area (Å²) in [5.41, 5.74) is -0.282. The van der Waals surface area contributed by atoms with Gasteiger partial charge in [-0.1, -0.05) is 18.0 Å². The van der Waals surface area contributed by atoms with E-state index < -0.39 is 17.4 Å². The summed E-state index contributed by atoms with van der Waals surface area (Å²) in [7, 11) is 0. The highest BCUT2D eigenvalue weighted by atomic mass is 35.5. The first-order valence-corrected chi connectivity index (χ1v) is 6.82. The predicted molar refractivity (Wildman–Crippen MR) is 77.1 cm³/mol. The maximum Gasteiger partial charge on any atom is 0.319 e. The van der Waals surface area contributed by atoms with Crippen molar-refractivity contribution in [2.24, 2.45) is 5.41 Å². The molecule has 3 N–H and O–H groups in total. The number of halogens is 1. The van der Waals surface area contributed by atoms with Crippen molar-refractivity contribution < 1.29 is 14.7 Å².